The van der Waals surface area contributed by atoms with E-state index in [4.69, 9.17) is 5.11 Å². The monoisotopic (exact) mass is 312 g/mol. The molecule has 0 bridgehead atoms. The number of sulfone groups is 1. The molecule has 15 heavy (non-hydrogen) atoms. The highest BCUT2D eigenvalue weighted by Crippen LogP contribution is 2.32. The van der Waals surface area contributed by atoms with Crippen molar-refractivity contribution in [2.45, 2.75) is 22.8 Å². The molecule has 0 aliphatic rings. The molecule has 0 fully saturated rings. The van der Waals surface area contributed by atoms with Crippen molar-refractivity contribution >= 4 is 43.1 Å². The maximum absolute atomic E-state index is 11.9. The molecule has 0 unspecified atom stereocenters. The van der Waals surface area contributed by atoms with Gasteiger partial charge < -0.3 is 5.11 Å². The molecule has 0 spiro atoms. The number of aliphatic carboxylic acids is 1. The zero-order valence-corrected chi connectivity index (χ0v) is 11.2. The van der Waals surface area contributed by atoms with Crippen LogP contribution in [-0.2, 0) is 14.6 Å². The summed E-state index contributed by atoms with van der Waals surface area (Å²) >= 11 is 4.13. The van der Waals surface area contributed by atoms with Crippen LogP contribution in [0.25, 0.3) is 0 Å². The van der Waals surface area contributed by atoms with Crippen molar-refractivity contribution in [2.75, 3.05) is 0 Å². The van der Waals surface area contributed by atoms with Gasteiger partial charge in [-0.05, 0) is 35.8 Å². The summed E-state index contributed by atoms with van der Waals surface area (Å²) in [5.74, 6) is -1.35. The van der Waals surface area contributed by atoms with Gasteiger partial charge in [-0.15, -0.1) is 11.3 Å². The van der Waals surface area contributed by atoms with Crippen LogP contribution < -0.4 is 0 Å². The Morgan fingerprint density at radius 3 is 2.40 bits per heavy atom. The van der Waals surface area contributed by atoms with Crippen molar-refractivity contribution < 1.29 is 18.3 Å². The highest BCUT2D eigenvalue weighted by atomic mass is 79.9. The lowest BCUT2D eigenvalue weighted by Gasteiger charge is -2.18. The van der Waals surface area contributed by atoms with Gasteiger partial charge in [-0.2, -0.15) is 0 Å². The van der Waals surface area contributed by atoms with E-state index < -0.39 is 20.6 Å². The maximum atomic E-state index is 11.9. The molecular formula is C8H9BrO4S2. The van der Waals surface area contributed by atoms with Crippen LogP contribution in [0.15, 0.2) is 20.1 Å². The molecule has 1 aromatic rings. The lowest BCUT2D eigenvalue weighted by Crippen LogP contribution is -2.40. The number of carboxylic acids is 1. The molecule has 0 amide bonds. The molecular weight excluding hydrogens is 304 g/mol. The minimum Gasteiger partial charge on any atom is -0.480 e. The lowest BCUT2D eigenvalue weighted by molar-refractivity contribution is -0.139. The Bertz CT molecular complexity index is 486. The largest absolute Gasteiger partial charge is 0.480 e. The normalized spacial score (nSPS) is 12.7. The number of hydrogen-bond acceptors (Lipinski definition) is 4. The third-order valence-corrected chi connectivity index (χ3v) is 6.59. The van der Waals surface area contributed by atoms with Crippen LogP contribution in [0.5, 0.6) is 0 Å². The third kappa shape index (κ3) is 2.09. The average molecular weight is 313 g/mol. The summed E-state index contributed by atoms with van der Waals surface area (Å²) in [6.07, 6.45) is 0. The van der Waals surface area contributed by atoms with E-state index in [0.29, 0.717) is 4.47 Å². The van der Waals surface area contributed by atoms with Crippen LogP contribution in [0.1, 0.15) is 13.8 Å². The van der Waals surface area contributed by atoms with Crippen molar-refractivity contribution in [1.29, 1.82) is 0 Å². The van der Waals surface area contributed by atoms with E-state index in [-0.39, 0.29) is 4.21 Å². The second-order valence-electron chi connectivity index (χ2n) is 3.40. The average Bonchev–Trinajstić information content (AvgIpc) is 2.51. The zero-order valence-electron chi connectivity index (χ0n) is 8.02. The number of halogens is 1. The Morgan fingerprint density at radius 1 is 1.53 bits per heavy atom. The van der Waals surface area contributed by atoms with E-state index in [2.05, 4.69) is 15.9 Å². The Balaban J connectivity index is 3.32. The SMILES string of the molecule is CC(C)(C(=O)O)S(=O)(=O)c1cc(Br)cs1. The van der Waals surface area contributed by atoms with E-state index in [0.717, 1.165) is 11.3 Å². The standard InChI is InChI=1S/C8H9BrO4S2/c1-8(2,7(10)11)15(12,13)6-3-5(9)4-14-6/h3-4H,1-2H3,(H,10,11). The predicted octanol–water partition coefficient (Wildman–Crippen LogP) is 2.15. The summed E-state index contributed by atoms with van der Waals surface area (Å²) in [4.78, 5) is 10.9. The van der Waals surface area contributed by atoms with Crippen LogP contribution in [0.3, 0.4) is 0 Å². The molecule has 84 valence electrons. The van der Waals surface area contributed by atoms with Crippen molar-refractivity contribution in [1.82, 2.24) is 0 Å². The zero-order chi connectivity index (χ0) is 11.9. The summed E-state index contributed by atoms with van der Waals surface area (Å²) < 4.78 is 22.7. The fourth-order valence-corrected chi connectivity index (χ4v) is 4.40. The fraction of sp³-hybridized carbons (Fsp3) is 0.375. The highest BCUT2D eigenvalue weighted by Gasteiger charge is 2.43. The molecule has 0 aliphatic heterocycles. The molecule has 0 atom stereocenters. The van der Waals surface area contributed by atoms with Crippen molar-refractivity contribution in [3.05, 3.63) is 15.9 Å². The number of hydrogen-bond donors (Lipinski definition) is 1. The number of rotatable bonds is 3. The number of carbonyl (C=O) groups is 1. The minimum absolute atomic E-state index is 0.0572. The topological polar surface area (TPSA) is 71.4 Å². The molecule has 0 aliphatic carbocycles. The molecule has 0 saturated heterocycles. The summed E-state index contributed by atoms with van der Waals surface area (Å²) in [7, 11) is -3.83. The minimum atomic E-state index is -3.83. The van der Waals surface area contributed by atoms with E-state index >= 15 is 0 Å². The van der Waals surface area contributed by atoms with Gasteiger partial charge >= 0.3 is 5.97 Å². The van der Waals surface area contributed by atoms with Crippen LogP contribution in [0.2, 0.25) is 0 Å². The Labute approximate surface area is 100.0 Å². The van der Waals surface area contributed by atoms with Crippen molar-refractivity contribution in [2.24, 2.45) is 0 Å². The van der Waals surface area contributed by atoms with E-state index in [1.807, 2.05) is 0 Å². The summed E-state index contributed by atoms with van der Waals surface area (Å²) in [6, 6.07) is 1.41. The van der Waals surface area contributed by atoms with E-state index in [9.17, 15) is 13.2 Å². The first kappa shape index (κ1) is 12.7. The third-order valence-electron chi connectivity index (χ3n) is 2.00. The van der Waals surface area contributed by atoms with E-state index in [1.165, 1.54) is 19.9 Å². The van der Waals surface area contributed by atoms with Crippen LogP contribution in [0, 0.1) is 0 Å². The number of thiophene rings is 1. The van der Waals surface area contributed by atoms with Crippen molar-refractivity contribution in [3.63, 3.8) is 0 Å². The van der Waals surface area contributed by atoms with Gasteiger partial charge in [0.1, 0.15) is 4.21 Å². The molecule has 4 nitrogen and oxygen atoms in total. The quantitative estimate of drug-likeness (QED) is 0.928. The second-order valence-corrected chi connectivity index (χ2v) is 7.96. The first-order valence-corrected chi connectivity index (χ1v) is 7.07. The van der Waals surface area contributed by atoms with Gasteiger partial charge in [0.2, 0.25) is 9.84 Å². The van der Waals surface area contributed by atoms with Gasteiger partial charge in [0.25, 0.3) is 0 Å². The molecule has 0 aromatic carbocycles. The highest BCUT2D eigenvalue weighted by molar-refractivity contribution is 9.10. The van der Waals surface area contributed by atoms with Crippen molar-refractivity contribution in [3.8, 4) is 0 Å². The van der Waals surface area contributed by atoms with Crippen LogP contribution in [0.4, 0.5) is 0 Å². The first-order valence-electron chi connectivity index (χ1n) is 3.91. The van der Waals surface area contributed by atoms with E-state index in [1.54, 1.807) is 5.38 Å². The summed E-state index contributed by atoms with van der Waals surface area (Å²) in [6.45, 7) is 2.36. The summed E-state index contributed by atoms with van der Waals surface area (Å²) in [5.41, 5.74) is 0. The maximum Gasteiger partial charge on any atom is 0.324 e. The summed E-state index contributed by atoms with van der Waals surface area (Å²) in [5, 5.41) is 10.5. The molecule has 1 aromatic heterocycles. The Morgan fingerprint density at radius 2 is 2.07 bits per heavy atom. The van der Waals surface area contributed by atoms with Gasteiger partial charge in [-0.3, -0.25) is 4.79 Å². The molecule has 0 saturated carbocycles. The van der Waals surface area contributed by atoms with Crippen LogP contribution in [-0.4, -0.2) is 24.2 Å². The van der Waals surface area contributed by atoms with Gasteiger partial charge in [0, 0.05) is 9.85 Å². The Kier molecular flexibility index (Phi) is 3.27. The van der Waals surface area contributed by atoms with Gasteiger partial charge in [0.05, 0.1) is 0 Å². The predicted molar refractivity (Wildman–Crippen MR) is 60.9 cm³/mol. The molecule has 7 heteroatoms. The molecule has 1 N–H and O–H groups in total. The van der Waals surface area contributed by atoms with Gasteiger partial charge in [0.15, 0.2) is 4.75 Å². The molecule has 1 rings (SSSR count). The van der Waals surface area contributed by atoms with Gasteiger partial charge in [-0.25, -0.2) is 8.42 Å². The molecule has 1 heterocycles. The first-order chi connectivity index (χ1) is 6.69. The van der Waals surface area contributed by atoms with Gasteiger partial charge in [-0.1, -0.05) is 0 Å². The fourth-order valence-electron chi connectivity index (χ4n) is 0.802. The Hall–Kier alpha value is -0.400. The smallest absolute Gasteiger partial charge is 0.324 e. The van der Waals surface area contributed by atoms with Crippen LogP contribution >= 0.6 is 27.3 Å². The second kappa shape index (κ2) is 3.88. The lowest BCUT2D eigenvalue weighted by atomic mass is 10.2. The molecule has 0 radical (unpaired) electrons. The number of carboxylic acid groups (broad SMARTS) is 1.